The SMILES string of the molecule is CCCCCCCCCc1ccc(C(O)CC[NH2+]C(C)C(O)c2ccccc2)cc1.[Cl-]. The summed E-state index contributed by atoms with van der Waals surface area (Å²) in [5.41, 5.74) is 3.30. The molecule has 3 unspecified atom stereocenters. The number of aliphatic hydroxyl groups is 2. The first-order chi connectivity index (χ1) is 14.6. The molecule has 0 aliphatic carbocycles. The highest BCUT2D eigenvalue weighted by atomic mass is 35.5. The lowest BCUT2D eigenvalue weighted by Gasteiger charge is -2.19. The third-order valence-corrected chi connectivity index (χ3v) is 6.05. The molecule has 0 fully saturated rings. The van der Waals surface area contributed by atoms with Crippen LogP contribution in [-0.4, -0.2) is 22.8 Å². The second-order valence-corrected chi connectivity index (χ2v) is 8.66. The molecule has 4 N–H and O–H groups in total. The minimum absolute atomic E-state index is 0. The van der Waals surface area contributed by atoms with Crippen molar-refractivity contribution in [2.45, 2.75) is 89.9 Å². The van der Waals surface area contributed by atoms with E-state index in [1.165, 1.54) is 50.5 Å². The second kappa shape index (κ2) is 16.3. The van der Waals surface area contributed by atoms with Crippen molar-refractivity contribution in [1.82, 2.24) is 0 Å². The first kappa shape index (κ1) is 27.6. The van der Waals surface area contributed by atoms with Gasteiger partial charge in [0, 0.05) is 6.42 Å². The van der Waals surface area contributed by atoms with Gasteiger partial charge in [-0.2, -0.15) is 0 Å². The standard InChI is InChI=1S/C27H41NO2.ClH/c1-3-4-5-6-7-8-10-13-23-16-18-24(19-17-23)26(29)20-21-28-22(2)27(30)25-14-11-9-12-15-25;/h9,11-12,14-19,22,26-30H,3-8,10,13,20-21H2,1-2H3;1H. The van der Waals surface area contributed by atoms with Crippen LogP contribution in [0.25, 0.3) is 0 Å². The Morgan fingerprint density at radius 3 is 2.03 bits per heavy atom. The Bertz CT molecular complexity index is 677. The fourth-order valence-corrected chi connectivity index (χ4v) is 3.96. The molecule has 0 aliphatic rings. The maximum Gasteiger partial charge on any atom is 0.130 e. The van der Waals surface area contributed by atoms with E-state index in [0.29, 0.717) is 6.42 Å². The number of unbranched alkanes of at least 4 members (excludes halogenated alkanes) is 6. The molecule has 174 valence electrons. The van der Waals surface area contributed by atoms with Crippen LogP contribution in [0.1, 0.15) is 94.1 Å². The molecule has 3 atom stereocenters. The molecule has 0 saturated heterocycles. The lowest BCUT2D eigenvalue weighted by molar-refractivity contribution is -0.695. The zero-order valence-electron chi connectivity index (χ0n) is 19.3. The molecule has 0 aliphatic heterocycles. The first-order valence-corrected chi connectivity index (χ1v) is 11.9. The highest BCUT2D eigenvalue weighted by Crippen LogP contribution is 2.18. The average Bonchev–Trinajstić information content (AvgIpc) is 2.78. The van der Waals surface area contributed by atoms with E-state index >= 15 is 0 Å². The zero-order valence-corrected chi connectivity index (χ0v) is 20.1. The fourth-order valence-electron chi connectivity index (χ4n) is 3.96. The van der Waals surface area contributed by atoms with Crippen molar-refractivity contribution in [2.75, 3.05) is 6.54 Å². The summed E-state index contributed by atoms with van der Waals surface area (Å²) in [6, 6.07) is 18.3. The fraction of sp³-hybridized carbons (Fsp3) is 0.556. The number of benzene rings is 2. The summed E-state index contributed by atoms with van der Waals surface area (Å²) >= 11 is 0. The summed E-state index contributed by atoms with van der Waals surface area (Å²) in [6.45, 7) is 5.07. The van der Waals surface area contributed by atoms with Gasteiger partial charge in [0.15, 0.2) is 0 Å². The lowest BCUT2D eigenvalue weighted by Crippen LogP contribution is -3.00. The Balaban J connectivity index is 0.00000480. The Morgan fingerprint density at radius 1 is 0.774 bits per heavy atom. The average molecular weight is 448 g/mol. The molecule has 0 spiro atoms. The number of hydrogen-bond donors (Lipinski definition) is 3. The number of nitrogens with two attached hydrogens (primary N) is 1. The summed E-state index contributed by atoms with van der Waals surface area (Å²) in [6.07, 6.45) is 10.2. The minimum atomic E-state index is -0.491. The Morgan fingerprint density at radius 2 is 1.39 bits per heavy atom. The smallest absolute Gasteiger partial charge is 0.130 e. The van der Waals surface area contributed by atoms with E-state index in [0.717, 1.165) is 24.1 Å². The summed E-state index contributed by atoms with van der Waals surface area (Å²) in [5.74, 6) is 0. The van der Waals surface area contributed by atoms with Crippen LogP contribution < -0.4 is 17.7 Å². The topological polar surface area (TPSA) is 57.1 Å². The van der Waals surface area contributed by atoms with Crippen molar-refractivity contribution in [2.24, 2.45) is 0 Å². The van der Waals surface area contributed by atoms with E-state index in [9.17, 15) is 10.2 Å². The van der Waals surface area contributed by atoms with E-state index in [-0.39, 0.29) is 18.4 Å². The van der Waals surface area contributed by atoms with Gasteiger partial charge in [0.25, 0.3) is 0 Å². The first-order valence-electron chi connectivity index (χ1n) is 11.9. The number of rotatable bonds is 15. The third kappa shape index (κ3) is 10.7. The van der Waals surface area contributed by atoms with Gasteiger partial charge in [-0.15, -0.1) is 0 Å². The predicted molar refractivity (Wildman–Crippen MR) is 125 cm³/mol. The normalized spacial score (nSPS) is 13.9. The molecule has 0 aromatic heterocycles. The van der Waals surface area contributed by atoms with Crippen LogP contribution in [0.5, 0.6) is 0 Å². The molecule has 31 heavy (non-hydrogen) atoms. The van der Waals surface area contributed by atoms with Crippen molar-refractivity contribution in [3.63, 3.8) is 0 Å². The molecule has 4 heteroatoms. The highest BCUT2D eigenvalue weighted by molar-refractivity contribution is 5.24. The van der Waals surface area contributed by atoms with Crippen LogP contribution in [-0.2, 0) is 6.42 Å². The van der Waals surface area contributed by atoms with Crippen LogP contribution in [0, 0.1) is 0 Å². The van der Waals surface area contributed by atoms with Gasteiger partial charge in [0.05, 0.1) is 12.6 Å². The van der Waals surface area contributed by atoms with Crippen molar-refractivity contribution in [3.05, 3.63) is 71.3 Å². The number of hydrogen-bond acceptors (Lipinski definition) is 2. The van der Waals surface area contributed by atoms with Crippen molar-refractivity contribution in [3.8, 4) is 0 Å². The van der Waals surface area contributed by atoms with Gasteiger partial charge in [0.1, 0.15) is 12.1 Å². The molecular weight excluding hydrogens is 406 g/mol. The van der Waals surface area contributed by atoms with Gasteiger partial charge >= 0.3 is 0 Å². The van der Waals surface area contributed by atoms with Gasteiger partial charge in [-0.1, -0.05) is 100 Å². The van der Waals surface area contributed by atoms with Crippen LogP contribution in [0.15, 0.2) is 54.6 Å². The third-order valence-electron chi connectivity index (χ3n) is 6.05. The lowest BCUT2D eigenvalue weighted by atomic mass is 10.0. The number of halogens is 1. The van der Waals surface area contributed by atoms with E-state index in [2.05, 4.69) is 36.5 Å². The van der Waals surface area contributed by atoms with Crippen LogP contribution in [0.2, 0.25) is 0 Å². The van der Waals surface area contributed by atoms with Gasteiger partial charge in [-0.25, -0.2) is 0 Å². The molecule has 2 rings (SSSR count). The molecule has 0 amide bonds. The van der Waals surface area contributed by atoms with Gasteiger partial charge < -0.3 is 27.9 Å². The summed E-state index contributed by atoms with van der Waals surface area (Å²) in [7, 11) is 0. The maximum absolute atomic E-state index is 10.5. The summed E-state index contributed by atoms with van der Waals surface area (Å²) in [5, 5.41) is 23.1. The highest BCUT2D eigenvalue weighted by Gasteiger charge is 2.19. The summed E-state index contributed by atoms with van der Waals surface area (Å²) < 4.78 is 0. The van der Waals surface area contributed by atoms with E-state index in [1.54, 1.807) is 0 Å². The van der Waals surface area contributed by atoms with E-state index in [1.807, 2.05) is 37.3 Å². The largest absolute Gasteiger partial charge is 1.00 e. The zero-order chi connectivity index (χ0) is 21.6. The van der Waals surface area contributed by atoms with Crippen molar-refractivity contribution < 1.29 is 27.9 Å². The number of aliphatic hydroxyl groups excluding tert-OH is 2. The van der Waals surface area contributed by atoms with E-state index < -0.39 is 12.2 Å². The van der Waals surface area contributed by atoms with Crippen molar-refractivity contribution in [1.29, 1.82) is 0 Å². The van der Waals surface area contributed by atoms with Gasteiger partial charge in [0.2, 0.25) is 0 Å². The Labute approximate surface area is 195 Å². The van der Waals surface area contributed by atoms with Crippen LogP contribution in [0.3, 0.4) is 0 Å². The van der Waals surface area contributed by atoms with Gasteiger partial charge in [-0.3, -0.25) is 0 Å². The predicted octanol–water partition coefficient (Wildman–Crippen LogP) is 2.09. The minimum Gasteiger partial charge on any atom is -1.00 e. The van der Waals surface area contributed by atoms with E-state index in [4.69, 9.17) is 0 Å². The monoisotopic (exact) mass is 447 g/mol. The van der Waals surface area contributed by atoms with Crippen LogP contribution >= 0.6 is 0 Å². The second-order valence-electron chi connectivity index (χ2n) is 8.66. The number of aryl methyl sites for hydroxylation is 1. The molecule has 0 heterocycles. The maximum atomic E-state index is 10.5. The molecule has 2 aromatic carbocycles. The molecule has 0 radical (unpaired) electrons. The molecule has 0 bridgehead atoms. The van der Waals surface area contributed by atoms with Crippen molar-refractivity contribution >= 4 is 0 Å². The molecule has 3 nitrogen and oxygen atoms in total. The van der Waals surface area contributed by atoms with Gasteiger partial charge in [-0.05, 0) is 36.5 Å². The Hall–Kier alpha value is -1.39. The molecule has 0 saturated carbocycles. The number of quaternary nitrogens is 1. The molecule has 2 aromatic rings. The quantitative estimate of drug-likeness (QED) is 0.366. The Kier molecular flexibility index (Phi) is 14.5. The molecular formula is C27H42ClNO2. The summed E-state index contributed by atoms with van der Waals surface area (Å²) in [4.78, 5) is 0. The van der Waals surface area contributed by atoms with Crippen LogP contribution in [0.4, 0.5) is 0 Å².